The minimum atomic E-state index is 0.199. The maximum absolute atomic E-state index is 11.4. The number of carbonyl (C=O) groups excluding carboxylic acids is 1. The van der Waals surface area contributed by atoms with Crippen LogP contribution in [0.2, 0.25) is 0 Å². The first-order valence-corrected chi connectivity index (χ1v) is 9.22. The van der Waals surface area contributed by atoms with E-state index >= 15 is 0 Å². The van der Waals surface area contributed by atoms with Crippen molar-refractivity contribution in [1.29, 1.82) is 0 Å². The summed E-state index contributed by atoms with van der Waals surface area (Å²) in [6.07, 6.45) is 10.7. The Hall–Kier alpha value is -2.03. The third kappa shape index (κ3) is 8.57. The highest BCUT2D eigenvalue weighted by Crippen LogP contribution is 2.23. The number of rotatable bonds is 12. The Morgan fingerprint density at radius 3 is 2.28 bits per heavy atom. The maximum atomic E-state index is 11.4. The summed E-state index contributed by atoms with van der Waals surface area (Å²) >= 11 is 0. The van der Waals surface area contributed by atoms with E-state index in [4.69, 9.17) is 5.73 Å². The molecule has 0 aromatic rings. The van der Waals surface area contributed by atoms with Gasteiger partial charge in [0.25, 0.3) is 0 Å². The Morgan fingerprint density at radius 2 is 1.80 bits per heavy atom. The zero-order valence-corrected chi connectivity index (χ0v) is 16.7. The van der Waals surface area contributed by atoms with Crippen molar-refractivity contribution in [2.45, 2.75) is 60.3 Å². The van der Waals surface area contributed by atoms with Crippen LogP contribution in [0.1, 0.15) is 60.3 Å². The van der Waals surface area contributed by atoms with E-state index in [9.17, 15) is 4.79 Å². The molecule has 1 unspecified atom stereocenters. The smallest absolute Gasteiger partial charge is 0.152 e. The van der Waals surface area contributed by atoms with Gasteiger partial charge in [-0.05, 0) is 55.4 Å². The number of hydrogen-bond acceptors (Lipinski definition) is 3. The van der Waals surface area contributed by atoms with E-state index in [-0.39, 0.29) is 5.92 Å². The number of hydrogen-bond donors (Lipinski definition) is 2. The Morgan fingerprint density at radius 1 is 1.16 bits per heavy atom. The van der Waals surface area contributed by atoms with Crippen molar-refractivity contribution < 1.29 is 4.79 Å². The fraction of sp³-hybridized carbons (Fsp3) is 0.500. The monoisotopic (exact) mass is 344 g/mol. The fourth-order valence-corrected chi connectivity index (χ4v) is 2.40. The maximum Gasteiger partial charge on any atom is 0.152 e. The molecule has 140 valence electrons. The predicted octanol–water partition coefficient (Wildman–Crippen LogP) is 5.39. The Bertz CT molecular complexity index is 550. The Labute approximate surface area is 154 Å². The summed E-state index contributed by atoms with van der Waals surface area (Å²) in [4.78, 5) is 11.4. The molecule has 0 aromatic heterocycles. The largest absolute Gasteiger partial charge is 0.398 e. The van der Waals surface area contributed by atoms with Crippen molar-refractivity contribution in [3.05, 3.63) is 59.6 Å². The molecule has 0 bridgehead atoms. The van der Waals surface area contributed by atoms with E-state index in [2.05, 4.69) is 45.3 Å². The summed E-state index contributed by atoms with van der Waals surface area (Å²) in [7, 11) is 0. The zero-order chi connectivity index (χ0) is 19.4. The molecular formula is C22H36N2O. The van der Waals surface area contributed by atoms with Crippen molar-refractivity contribution in [2.24, 2.45) is 17.6 Å². The molecule has 0 saturated carbocycles. The van der Waals surface area contributed by atoms with Crippen LogP contribution in [0.4, 0.5) is 0 Å². The van der Waals surface area contributed by atoms with Gasteiger partial charge in [0.2, 0.25) is 0 Å². The highest BCUT2D eigenvalue weighted by Gasteiger charge is 2.12. The van der Waals surface area contributed by atoms with Gasteiger partial charge in [-0.2, -0.15) is 0 Å². The second-order valence-electron chi connectivity index (χ2n) is 6.72. The summed E-state index contributed by atoms with van der Waals surface area (Å²) in [6, 6.07) is 0. The molecule has 0 aliphatic rings. The van der Waals surface area contributed by atoms with Crippen molar-refractivity contribution in [3.8, 4) is 0 Å². The Kier molecular flexibility index (Phi) is 11.3. The summed E-state index contributed by atoms with van der Waals surface area (Å²) in [5.41, 5.74) is 10.3. The predicted molar refractivity (Wildman–Crippen MR) is 110 cm³/mol. The minimum absolute atomic E-state index is 0.199. The van der Waals surface area contributed by atoms with Gasteiger partial charge in [0.05, 0.1) is 0 Å². The van der Waals surface area contributed by atoms with E-state index in [1.54, 1.807) is 0 Å². The summed E-state index contributed by atoms with van der Waals surface area (Å²) < 4.78 is 0. The Balaban J connectivity index is 4.99. The van der Waals surface area contributed by atoms with E-state index in [1.807, 2.05) is 26.1 Å². The van der Waals surface area contributed by atoms with Gasteiger partial charge in [-0.1, -0.05) is 59.4 Å². The third-order valence-corrected chi connectivity index (χ3v) is 4.45. The van der Waals surface area contributed by atoms with Gasteiger partial charge >= 0.3 is 0 Å². The average Bonchev–Trinajstić information content (AvgIpc) is 2.59. The first kappa shape index (κ1) is 23.0. The van der Waals surface area contributed by atoms with Crippen LogP contribution in [0.25, 0.3) is 0 Å². The van der Waals surface area contributed by atoms with Crippen molar-refractivity contribution in [1.82, 2.24) is 5.32 Å². The number of nitrogens with one attached hydrogen (secondary N) is 1. The van der Waals surface area contributed by atoms with Crippen LogP contribution >= 0.6 is 0 Å². The minimum Gasteiger partial charge on any atom is -0.398 e. The first-order chi connectivity index (χ1) is 11.8. The lowest BCUT2D eigenvalue weighted by molar-refractivity contribution is -0.104. The van der Waals surface area contributed by atoms with E-state index in [1.165, 1.54) is 5.57 Å². The van der Waals surface area contributed by atoms with Crippen LogP contribution in [0.3, 0.4) is 0 Å². The molecule has 0 aliphatic carbocycles. The quantitative estimate of drug-likeness (QED) is 0.283. The molecule has 0 amide bonds. The SMILES string of the molecule is C=C(CC)N/C=C/CCC(C)/C(=C/C(N)=C(\C=O)C(=C)C(C)C)CC. The van der Waals surface area contributed by atoms with Gasteiger partial charge in [0, 0.05) is 17.0 Å². The molecule has 3 N–H and O–H groups in total. The molecule has 3 nitrogen and oxygen atoms in total. The van der Waals surface area contributed by atoms with Gasteiger partial charge in [0.15, 0.2) is 6.29 Å². The lowest BCUT2D eigenvalue weighted by Gasteiger charge is -2.16. The molecule has 0 heterocycles. The van der Waals surface area contributed by atoms with Gasteiger partial charge in [-0.15, -0.1) is 0 Å². The van der Waals surface area contributed by atoms with Crippen LogP contribution in [0.5, 0.6) is 0 Å². The molecule has 0 spiro atoms. The van der Waals surface area contributed by atoms with Gasteiger partial charge < -0.3 is 11.1 Å². The lowest BCUT2D eigenvalue weighted by Crippen LogP contribution is -2.09. The third-order valence-electron chi connectivity index (χ3n) is 4.45. The second kappa shape index (κ2) is 12.3. The molecule has 0 aromatic carbocycles. The van der Waals surface area contributed by atoms with E-state index < -0.39 is 0 Å². The molecule has 0 fully saturated rings. The van der Waals surface area contributed by atoms with Crippen molar-refractivity contribution >= 4 is 6.29 Å². The van der Waals surface area contributed by atoms with Crippen molar-refractivity contribution in [3.63, 3.8) is 0 Å². The van der Waals surface area contributed by atoms with Gasteiger partial charge in [0.1, 0.15) is 0 Å². The number of carbonyl (C=O) groups is 1. The van der Waals surface area contributed by atoms with Gasteiger partial charge in [-0.3, -0.25) is 4.79 Å². The lowest BCUT2D eigenvalue weighted by atomic mass is 9.91. The van der Waals surface area contributed by atoms with Crippen LogP contribution in [0.15, 0.2) is 59.6 Å². The van der Waals surface area contributed by atoms with Crippen LogP contribution in [0, 0.1) is 11.8 Å². The average molecular weight is 345 g/mol. The summed E-state index contributed by atoms with van der Waals surface area (Å²) in [5.74, 6) is 0.605. The molecule has 1 atom stereocenters. The normalized spacial score (nSPS) is 14.4. The van der Waals surface area contributed by atoms with E-state index in [0.717, 1.165) is 43.2 Å². The van der Waals surface area contributed by atoms with Crippen LogP contribution < -0.4 is 11.1 Å². The number of allylic oxidation sites excluding steroid dienone is 6. The highest BCUT2D eigenvalue weighted by molar-refractivity contribution is 5.82. The molecule has 0 rings (SSSR count). The fourth-order valence-electron chi connectivity index (χ4n) is 2.40. The van der Waals surface area contributed by atoms with E-state index in [0.29, 0.717) is 17.2 Å². The molecular weight excluding hydrogens is 308 g/mol. The first-order valence-electron chi connectivity index (χ1n) is 9.22. The molecule has 0 radical (unpaired) electrons. The number of aldehydes is 1. The highest BCUT2D eigenvalue weighted by atomic mass is 16.1. The van der Waals surface area contributed by atoms with Crippen molar-refractivity contribution in [2.75, 3.05) is 0 Å². The molecule has 0 aliphatic heterocycles. The number of nitrogens with two attached hydrogens (primary N) is 1. The summed E-state index contributed by atoms with van der Waals surface area (Å²) in [6.45, 7) is 18.3. The van der Waals surface area contributed by atoms with Crippen LogP contribution in [-0.2, 0) is 4.79 Å². The molecule has 0 saturated heterocycles. The topological polar surface area (TPSA) is 55.1 Å². The molecule has 25 heavy (non-hydrogen) atoms. The zero-order valence-electron chi connectivity index (χ0n) is 16.7. The summed E-state index contributed by atoms with van der Waals surface area (Å²) in [5, 5.41) is 3.16. The van der Waals surface area contributed by atoms with Gasteiger partial charge in [-0.25, -0.2) is 0 Å². The molecule has 3 heteroatoms. The second-order valence-corrected chi connectivity index (χ2v) is 6.72. The standard InChI is InChI=1S/C22H36N2O/c1-8-18(6)24-13-11-10-12-17(5)20(9-2)14-22(23)21(15-25)19(7)16(3)4/h11,13-17,24H,6-10,12,23H2,1-5H3/b13-11+,20-14+,22-21-. The van der Waals surface area contributed by atoms with Crippen LogP contribution in [-0.4, -0.2) is 6.29 Å².